The fraction of sp³-hybridized carbons (Fsp3) is 0. The van der Waals surface area contributed by atoms with Gasteiger partial charge in [0.25, 0.3) is 0 Å². The third-order valence-electron chi connectivity index (χ3n) is 2.82. The molecule has 1 N–H and O–H groups in total. The minimum absolute atomic E-state index is 0.732. The average Bonchev–Trinajstić information content (AvgIpc) is 2.90. The van der Waals surface area contributed by atoms with Crippen molar-refractivity contribution in [3.05, 3.63) is 65.9 Å². The molecule has 0 fully saturated rings. The van der Waals surface area contributed by atoms with Crippen molar-refractivity contribution in [2.24, 2.45) is 0 Å². The van der Waals surface area contributed by atoms with Gasteiger partial charge in [-0.05, 0) is 12.1 Å². The smallest absolute Gasteiger partial charge is 0.0961 e. The van der Waals surface area contributed by atoms with Gasteiger partial charge < -0.3 is 4.98 Å². The molecule has 0 bridgehead atoms. The number of H-pyrrole nitrogens is 1. The van der Waals surface area contributed by atoms with Crippen molar-refractivity contribution in [1.29, 1.82) is 0 Å². The third-order valence-corrected chi connectivity index (χ3v) is 3.07. The van der Waals surface area contributed by atoms with Crippen molar-refractivity contribution in [2.75, 3.05) is 0 Å². The van der Waals surface area contributed by atoms with Crippen LogP contribution in [0.5, 0.6) is 0 Å². The largest absolute Gasteiger partial charge is 0.344 e. The molecular formula is C15H11ClN2. The van der Waals surface area contributed by atoms with Crippen LogP contribution in [0, 0.1) is 0 Å². The highest BCUT2D eigenvalue weighted by Crippen LogP contribution is 2.29. The summed E-state index contributed by atoms with van der Waals surface area (Å²) >= 11 is 5.90. The molecule has 0 saturated heterocycles. The molecule has 0 atom stereocenters. The molecule has 0 aliphatic rings. The molecule has 2 nitrogen and oxygen atoms in total. The molecule has 0 spiro atoms. The van der Waals surface area contributed by atoms with Crippen LogP contribution in [0.2, 0.25) is 5.02 Å². The number of aromatic nitrogens is 2. The van der Waals surface area contributed by atoms with Crippen LogP contribution in [0.4, 0.5) is 0 Å². The van der Waals surface area contributed by atoms with E-state index < -0.39 is 0 Å². The lowest BCUT2D eigenvalue weighted by molar-refractivity contribution is 1.31. The molecule has 0 aliphatic carbocycles. The van der Waals surface area contributed by atoms with Crippen LogP contribution in [-0.2, 0) is 0 Å². The highest BCUT2D eigenvalue weighted by Gasteiger charge is 2.09. The molecule has 2 aromatic carbocycles. The molecule has 0 amide bonds. The zero-order valence-electron chi connectivity index (χ0n) is 9.60. The fourth-order valence-corrected chi connectivity index (χ4v) is 2.07. The van der Waals surface area contributed by atoms with Crippen molar-refractivity contribution >= 4 is 11.6 Å². The summed E-state index contributed by atoms with van der Waals surface area (Å²) in [5.41, 5.74) is 4.15. The minimum atomic E-state index is 0.732. The lowest BCUT2D eigenvalue weighted by Gasteiger charge is -2.03. The van der Waals surface area contributed by atoms with Crippen LogP contribution in [0.3, 0.4) is 0 Å². The van der Waals surface area contributed by atoms with Gasteiger partial charge in [0.1, 0.15) is 0 Å². The summed E-state index contributed by atoms with van der Waals surface area (Å²) in [5.74, 6) is 0. The third kappa shape index (κ3) is 2.03. The lowest BCUT2D eigenvalue weighted by Crippen LogP contribution is -1.83. The fourth-order valence-electron chi connectivity index (χ4n) is 1.95. The van der Waals surface area contributed by atoms with Gasteiger partial charge >= 0.3 is 0 Å². The Balaban J connectivity index is 2.10. The van der Waals surface area contributed by atoms with Crippen LogP contribution in [-0.4, -0.2) is 9.97 Å². The first-order valence-electron chi connectivity index (χ1n) is 5.69. The Morgan fingerprint density at radius 3 is 2.28 bits per heavy atom. The van der Waals surface area contributed by atoms with E-state index in [1.54, 1.807) is 6.33 Å². The van der Waals surface area contributed by atoms with E-state index in [9.17, 15) is 0 Å². The number of benzene rings is 2. The summed E-state index contributed by atoms with van der Waals surface area (Å²) in [6.45, 7) is 0. The predicted octanol–water partition coefficient (Wildman–Crippen LogP) is 4.40. The number of hydrogen-bond donors (Lipinski definition) is 1. The van der Waals surface area contributed by atoms with Gasteiger partial charge in [0.2, 0.25) is 0 Å². The maximum Gasteiger partial charge on any atom is 0.0961 e. The van der Waals surface area contributed by atoms with Crippen molar-refractivity contribution in [2.45, 2.75) is 0 Å². The molecule has 18 heavy (non-hydrogen) atoms. The topological polar surface area (TPSA) is 28.7 Å². The number of aromatic amines is 1. The van der Waals surface area contributed by atoms with Crippen molar-refractivity contribution in [1.82, 2.24) is 9.97 Å². The van der Waals surface area contributed by atoms with Crippen molar-refractivity contribution in [3.8, 4) is 22.5 Å². The summed E-state index contributed by atoms with van der Waals surface area (Å²) in [6.07, 6.45) is 1.71. The Bertz CT molecular complexity index is 642. The van der Waals surface area contributed by atoms with Gasteiger partial charge in [-0.25, -0.2) is 4.98 Å². The standard InChI is InChI=1S/C15H11ClN2/c16-13-8-6-12(7-9-13)15-14(17-10-18-15)11-4-2-1-3-5-11/h1-10H,(H,17,18). The van der Waals surface area contributed by atoms with Crippen LogP contribution in [0.25, 0.3) is 22.5 Å². The number of hydrogen-bond acceptors (Lipinski definition) is 1. The summed E-state index contributed by atoms with van der Waals surface area (Å²) in [5, 5.41) is 0.732. The first kappa shape index (κ1) is 11.1. The van der Waals surface area contributed by atoms with Crippen LogP contribution in [0.1, 0.15) is 0 Å². The molecule has 1 aromatic heterocycles. The maximum absolute atomic E-state index is 5.90. The Hall–Kier alpha value is -2.06. The summed E-state index contributed by atoms with van der Waals surface area (Å²) in [6, 6.07) is 17.9. The van der Waals surface area contributed by atoms with E-state index in [2.05, 4.69) is 22.1 Å². The molecule has 3 heteroatoms. The summed E-state index contributed by atoms with van der Waals surface area (Å²) in [4.78, 5) is 7.58. The Labute approximate surface area is 110 Å². The number of imidazole rings is 1. The Morgan fingerprint density at radius 2 is 1.56 bits per heavy atom. The average molecular weight is 255 g/mol. The summed E-state index contributed by atoms with van der Waals surface area (Å²) < 4.78 is 0. The molecule has 1 heterocycles. The van der Waals surface area contributed by atoms with Gasteiger partial charge in [0.05, 0.1) is 17.7 Å². The first-order valence-corrected chi connectivity index (χ1v) is 6.07. The molecule has 88 valence electrons. The quantitative estimate of drug-likeness (QED) is 0.722. The van der Waals surface area contributed by atoms with E-state index in [-0.39, 0.29) is 0 Å². The second-order valence-electron chi connectivity index (χ2n) is 4.00. The number of halogens is 1. The van der Waals surface area contributed by atoms with E-state index in [0.717, 1.165) is 27.5 Å². The van der Waals surface area contributed by atoms with Gasteiger partial charge in [-0.1, -0.05) is 54.1 Å². The normalized spacial score (nSPS) is 10.5. The van der Waals surface area contributed by atoms with Gasteiger partial charge in [0, 0.05) is 16.1 Å². The number of nitrogens with zero attached hydrogens (tertiary/aromatic N) is 1. The van der Waals surface area contributed by atoms with Crippen LogP contribution < -0.4 is 0 Å². The Kier molecular flexibility index (Phi) is 2.87. The zero-order chi connectivity index (χ0) is 12.4. The highest BCUT2D eigenvalue weighted by molar-refractivity contribution is 6.30. The van der Waals surface area contributed by atoms with Crippen molar-refractivity contribution in [3.63, 3.8) is 0 Å². The van der Waals surface area contributed by atoms with E-state index in [1.807, 2.05) is 42.5 Å². The van der Waals surface area contributed by atoms with E-state index in [4.69, 9.17) is 11.6 Å². The molecule has 0 radical (unpaired) electrons. The second-order valence-corrected chi connectivity index (χ2v) is 4.44. The van der Waals surface area contributed by atoms with E-state index in [0.29, 0.717) is 0 Å². The SMILES string of the molecule is Clc1ccc(-c2nc[nH]c2-c2ccccc2)cc1. The zero-order valence-corrected chi connectivity index (χ0v) is 10.4. The minimum Gasteiger partial charge on any atom is -0.344 e. The number of nitrogens with one attached hydrogen (secondary N) is 1. The van der Waals surface area contributed by atoms with Gasteiger partial charge in [-0.15, -0.1) is 0 Å². The van der Waals surface area contributed by atoms with Crippen LogP contribution >= 0.6 is 11.6 Å². The van der Waals surface area contributed by atoms with Crippen LogP contribution in [0.15, 0.2) is 60.9 Å². The molecule has 0 saturated carbocycles. The molecule has 3 aromatic rings. The van der Waals surface area contributed by atoms with Gasteiger partial charge in [-0.2, -0.15) is 0 Å². The van der Waals surface area contributed by atoms with Gasteiger partial charge in [-0.3, -0.25) is 0 Å². The molecule has 0 unspecified atom stereocenters. The second kappa shape index (κ2) is 4.67. The first-order chi connectivity index (χ1) is 8.84. The summed E-state index contributed by atoms with van der Waals surface area (Å²) in [7, 11) is 0. The van der Waals surface area contributed by atoms with E-state index >= 15 is 0 Å². The van der Waals surface area contributed by atoms with Gasteiger partial charge in [0.15, 0.2) is 0 Å². The maximum atomic E-state index is 5.90. The molecule has 0 aliphatic heterocycles. The predicted molar refractivity (Wildman–Crippen MR) is 74.5 cm³/mol. The number of rotatable bonds is 2. The van der Waals surface area contributed by atoms with Crippen molar-refractivity contribution < 1.29 is 0 Å². The Morgan fingerprint density at radius 1 is 0.833 bits per heavy atom. The van der Waals surface area contributed by atoms with E-state index in [1.165, 1.54) is 0 Å². The molecular weight excluding hydrogens is 244 g/mol. The monoisotopic (exact) mass is 254 g/mol. The molecule has 3 rings (SSSR count). The lowest BCUT2D eigenvalue weighted by atomic mass is 10.1. The highest BCUT2D eigenvalue weighted by atomic mass is 35.5.